The first-order chi connectivity index (χ1) is 8.63. The first kappa shape index (κ1) is 13.1. The SMILES string of the molecule is CNCCCc1ccc2nc(C(C)C)n(C)c2c1. The van der Waals surface area contributed by atoms with Gasteiger partial charge in [-0.05, 0) is 44.1 Å². The molecule has 0 unspecified atom stereocenters. The summed E-state index contributed by atoms with van der Waals surface area (Å²) in [4.78, 5) is 4.70. The molecule has 0 aliphatic heterocycles. The maximum atomic E-state index is 4.70. The Morgan fingerprint density at radius 2 is 2.11 bits per heavy atom. The second-order valence-corrected chi connectivity index (χ2v) is 5.21. The molecule has 1 aromatic heterocycles. The van der Waals surface area contributed by atoms with E-state index in [2.05, 4.69) is 49.0 Å². The number of benzene rings is 1. The van der Waals surface area contributed by atoms with Crippen LogP contribution in [0.5, 0.6) is 0 Å². The Kier molecular flexibility index (Phi) is 4.02. The van der Waals surface area contributed by atoms with E-state index in [4.69, 9.17) is 4.98 Å². The third-order valence-electron chi connectivity index (χ3n) is 3.39. The van der Waals surface area contributed by atoms with Crippen LogP contribution in [0.3, 0.4) is 0 Å². The second kappa shape index (κ2) is 5.53. The monoisotopic (exact) mass is 245 g/mol. The summed E-state index contributed by atoms with van der Waals surface area (Å²) in [5.74, 6) is 1.63. The predicted octanol–water partition coefficient (Wildman–Crippen LogP) is 2.85. The van der Waals surface area contributed by atoms with Gasteiger partial charge < -0.3 is 9.88 Å². The van der Waals surface area contributed by atoms with Gasteiger partial charge in [0.05, 0.1) is 11.0 Å². The lowest BCUT2D eigenvalue weighted by Crippen LogP contribution is -2.08. The number of imidazole rings is 1. The molecule has 2 aromatic rings. The lowest BCUT2D eigenvalue weighted by Gasteiger charge is -2.05. The molecule has 0 bridgehead atoms. The average molecular weight is 245 g/mol. The molecule has 0 aliphatic carbocycles. The van der Waals surface area contributed by atoms with Crippen LogP contribution in [-0.2, 0) is 13.5 Å². The van der Waals surface area contributed by atoms with Crippen molar-refractivity contribution in [1.82, 2.24) is 14.9 Å². The highest BCUT2D eigenvalue weighted by Gasteiger charge is 2.10. The van der Waals surface area contributed by atoms with E-state index in [0.29, 0.717) is 5.92 Å². The fourth-order valence-corrected chi connectivity index (χ4v) is 2.40. The number of nitrogens with one attached hydrogen (secondary N) is 1. The smallest absolute Gasteiger partial charge is 0.112 e. The highest BCUT2D eigenvalue weighted by molar-refractivity contribution is 5.77. The van der Waals surface area contributed by atoms with Gasteiger partial charge in [-0.3, -0.25) is 0 Å². The fraction of sp³-hybridized carbons (Fsp3) is 0.533. The van der Waals surface area contributed by atoms with E-state index in [9.17, 15) is 0 Å². The maximum Gasteiger partial charge on any atom is 0.112 e. The van der Waals surface area contributed by atoms with Crippen molar-refractivity contribution in [2.45, 2.75) is 32.6 Å². The summed E-state index contributed by atoms with van der Waals surface area (Å²) < 4.78 is 2.22. The van der Waals surface area contributed by atoms with Crippen LogP contribution in [0.15, 0.2) is 18.2 Å². The molecule has 0 radical (unpaired) electrons. The van der Waals surface area contributed by atoms with Crippen molar-refractivity contribution in [2.24, 2.45) is 7.05 Å². The Morgan fingerprint density at radius 1 is 1.33 bits per heavy atom. The topological polar surface area (TPSA) is 29.9 Å². The Hall–Kier alpha value is -1.35. The Bertz CT molecular complexity index is 526. The fourth-order valence-electron chi connectivity index (χ4n) is 2.40. The minimum absolute atomic E-state index is 0.468. The van der Waals surface area contributed by atoms with Crippen molar-refractivity contribution in [3.8, 4) is 0 Å². The van der Waals surface area contributed by atoms with Crippen LogP contribution in [-0.4, -0.2) is 23.1 Å². The molecule has 3 nitrogen and oxygen atoms in total. The van der Waals surface area contributed by atoms with Gasteiger partial charge in [-0.1, -0.05) is 19.9 Å². The van der Waals surface area contributed by atoms with Crippen molar-refractivity contribution in [3.63, 3.8) is 0 Å². The third kappa shape index (κ3) is 2.56. The lowest BCUT2D eigenvalue weighted by molar-refractivity contribution is 0.719. The van der Waals surface area contributed by atoms with E-state index in [1.54, 1.807) is 0 Å². The van der Waals surface area contributed by atoms with Crippen molar-refractivity contribution in [3.05, 3.63) is 29.6 Å². The van der Waals surface area contributed by atoms with Gasteiger partial charge in [-0.2, -0.15) is 0 Å². The molecule has 98 valence electrons. The highest BCUT2D eigenvalue weighted by atomic mass is 15.1. The Morgan fingerprint density at radius 3 is 2.78 bits per heavy atom. The zero-order valence-electron chi connectivity index (χ0n) is 11.8. The molecule has 2 rings (SSSR count). The standard InChI is InChI=1S/C15H23N3/c1-11(2)15-17-13-8-7-12(6-5-9-16-3)10-14(13)18(15)4/h7-8,10-11,16H,5-6,9H2,1-4H3. The van der Waals surface area contributed by atoms with E-state index in [-0.39, 0.29) is 0 Å². The van der Waals surface area contributed by atoms with Crippen LogP contribution >= 0.6 is 0 Å². The van der Waals surface area contributed by atoms with Gasteiger partial charge in [0.15, 0.2) is 0 Å². The van der Waals surface area contributed by atoms with Crippen LogP contribution < -0.4 is 5.32 Å². The first-order valence-electron chi connectivity index (χ1n) is 6.73. The largest absolute Gasteiger partial charge is 0.331 e. The van der Waals surface area contributed by atoms with Crippen LogP contribution in [0.1, 0.15) is 37.6 Å². The summed E-state index contributed by atoms with van der Waals surface area (Å²) in [5.41, 5.74) is 3.76. The lowest BCUT2D eigenvalue weighted by atomic mass is 10.1. The van der Waals surface area contributed by atoms with Crippen LogP contribution in [0.25, 0.3) is 11.0 Å². The Balaban J connectivity index is 2.29. The number of hydrogen-bond acceptors (Lipinski definition) is 2. The van der Waals surface area contributed by atoms with Crippen molar-refractivity contribution < 1.29 is 0 Å². The van der Waals surface area contributed by atoms with Gasteiger partial charge in [0.25, 0.3) is 0 Å². The van der Waals surface area contributed by atoms with Crippen LogP contribution in [0, 0.1) is 0 Å². The molecule has 0 amide bonds. The zero-order chi connectivity index (χ0) is 13.1. The van der Waals surface area contributed by atoms with Gasteiger partial charge in [-0.25, -0.2) is 4.98 Å². The predicted molar refractivity (Wildman–Crippen MR) is 77.1 cm³/mol. The number of nitrogens with zero attached hydrogens (tertiary/aromatic N) is 2. The van der Waals surface area contributed by atoms with Crippen LogP contribution in [0.4, 0.5) is 0 Å². The van der Waals surface area contributed by atoms with Crippen molar-refractivity contribution in [2.75, 3.05) is 13.6 Å². The highest BCUT2D eigenvalue weighted by Crippen LogP contribution is 2.21. The molecule has 0 fully saturated rings. The quantitative estimate of drug-likeness (QED) is 0.821. The summed E-state index contributed by atoms with van der Waals surface area (Å²) in [7, 11) is 4.11. The van der Waals surface area contributed by atoms with Crippen molar-refractivity contribution in [1.29, 1.82) is 0 Å². The van der Waals surface area contributed by atoms with Gasteiger partial charge in [0.1, 0.15) is 5.82 Å². The van der Waals surface area contributed by atoms with Gasteiger partial charge in [-0.15, -0.1) is 0 Å². The Labute approximate surface area is 109 Å². The van der Waals surface area contributed by atoms with E-state index >= 15 is 0 Å². The molecule has 1 aromatic carbocycles. The minimum Gasteiger partial charge on any atom is -0.331 e. The summed E-state index contributed by atoms with van der Waals surface area (Å²) in [5, 5.41) is 3.19. The van der Waals surface area contributed by atoms with E-state index in [1.165, 1.54) is 17.5 Å². The number of fused-ring (bicyclic) bond motifs is 1. The molecule has 0 aliphatic rings. The molecule has 18 heavy (non-hydrogen) atoms. The third-order valence-corrected chi connectivity index (χ3v) is 3.39. The average Bonchev–Trinajstić information content (AvgIpc) is 2.67. The molecular formula is C15H23N3. The van der Waals surface area contributed by atoms with Crippen LogP contribution in [0.2, 0.25) is 0 Å². The zero-order valence-corrected chi connectivity index (χ0v) is 11.8. The van der Waals surface area contributed by atoms with E-state index in [0.717, 1.165) is 24.3 Å². The molecule has 0 spiro atoms. The summed E-state index contributed by atoms with van der Waals surface area (Å²) >= 11 is 0. The summed E-state index contributed by atoms with van der Waals surface area (Å²) in [6, 6.07) is 6.63. The molecule has 3 heteroatoms. The van der Waals surface area contributed by atoms with Crippen molar-refractivity contribution >= 4 is 11.0 Å². The molecule has 1 N–H and O–H groups in total. The minimum atomic E-state index is 0.468. The summed E-state index contributed by atoms with van der Waals surface area (Å²) in [6.07, 6.45) is 2.30. The molecule has 0 saturated heterocycles. The molecule has 0 atom stereocenters. The van der Waals surface area contributed by atoms with E-state index < -0.39 is 0 Å². The van der Waals surface area contributed by atoms with Gasteiger partial charge in [0, 0.05) is 13.0 Å². The van der Waals surface area contributed by atoms with Gasteiger partial charge in [0.2, 0.25) is 0 Å². The molecule has 0 saturated carbocycles. The molecule has 1 heterocycles. The number of aryl methyl sites for hydroxylation is 2. The number of aromatic nitrogens is 2. The number of hydrogen-bond donors (Lipinski definition) is 1. The first-order valence-corrected chi connectivity index (χ1v) is 6.73. The number of rotatable bonds is 5. The molecular weight excluding hydrogens is 222 g/mol. The maximum absolute atomic E-state index is 4.70. The summed E-state index contributed by atoms with van der Waals surface area (Å²) in [6.45, 7) is 5.45. The second-order valence-electron chi connectivity index (χ2n) is 5.21. The normalized spacial score (nSPS) is 11.6. The van der Waals surface area contributed by atoms with Gasteiger partial charge >= 0.3 is 0 Å². The van der Waals surface area contributed by atoms with E-state index in [1.807, 2.05) is 7.05 Å².